The number of benzene rings is 1. The summed E-state index contributed by atoms with van der Waals surface area (Å²) in [5.74, 6) is 0.919. The number of aromatic nitrogens is 1. The summed E-state index contributed by atoms with van der Waals surface area (Å²) in [5.41, 5.74) is 2.82. The van der Waals surface area contributed by atoms with Crippen LogP contribution in [0, 0.1) is 11.8 Å². The molecule has 3 atom stereocenters. The van der Waals surface area contributed by atoms with Crippen LogP contribution in [0.1, 0.15) is 42.5 Å². The van der Waals surface area contributed by atoms with Crippen molar-refractivity contribution in [3.8, 4) is 0 Å². The molecule has 1 N–H and O–H groups in total. The maximum atomic E-state index is 11.6. The predicted molar refractivity (Wildman–Crippen MR) is 115 cm³/mol. The molecule has 0 spiro atoms. The van der Waals surface area contributed by atoms with Crippen molar-refractivity contribution in [2.45, 2.75) is 44.2 Å². The average molecular weight is 392 g/mol. The van der Waals surface area contributed by atoms with E-state index in [9.17, 15) is 5.11 Å². The van der Waals surface area contributed by atoms with Crippen LogP contribution in [-0.2, 0) is 18.6 Å². The molecule has 2 aromatic rings. The number of nitrogens with zero attached hydrogens (tertiary/aromatic N) is 3. The van der Waals surface area contributed by atoms with E-state index in [4.69, 9.17) is 4.98 Å². The Morgan fingerprint density at radius 2 is 1.83 bits per heavy atom. The summed E-state index contributed by atoms with van der Waals surface area (Å²) in [7, 11) is 0. The molecule has 3 heterocycles. The van der Waals surface area contributed by atoms with Gasteiger partial charge in [-0.05, 0) is 56.3 Å². The molecule has 1 aromatic carbocycles. The third-order valence-electron chi connectivity index (χ3n) is 7.48. The van der Waals surface area contributed by atoms with Gasteiger partial charge in [-0.25, -0.2) is 0 Å². The number of hydrogen-bond acceptors (Lipinski definition) is 4. The van der Waals surface area contributed by atoms with Crippen LogP contribution >= 0.6 is 0 Å². The monoisotopic (exact) mass is 391 g/mol. The zero-order valence-electron chi connectivity index (χ0n) is 17.3. The van der Waals surface area contributed by atoms with Gasteiger partial charge in [-0.15, -0.1) is 0 Å². The van der Waals surface area contributed by atoms with Crippen LogP contribution in [0.3, 0.4) is 0 Å². The van der Waals surface area contributed by atoms with Crippen LogP contribution in [0.5, 0.6) is 0 Å². The van der Waals surface area contributed by atoms with E-state index in [1.807, 2.05) is 6.20 Å². The fourth-order valence-corrected chi connectivity index (χ4v) is 5.82. The van der Waals surface area contributed by atoms with Crippen LogP contribution in [-0.4, -0.2) is 52.6 Å². The number of hydrogen-bond donors (Lipinski definition) is 1. The third-order valence-corrected chi connectivity index (χ3v) is 7.48. The molecule has 4 nitrogen and oxygen atoms in total. The quantitative estimate of drug-likeness (QED) is 0.819. The molecule has 3 unspecified atom stereocenters. The lowest BCUT2D eigenvalue weighted by molar-refractivity contribution is -0.00715. The molecule has 0 radical (unpaired) electrons. The molecule has 1 aliphatic carbocycles. The second-order valence-electron chi connectivity index (χ2n) is 9.35. The number of pyridine rings is 1. The first-order valence-corrected chi connectivity index (χ1v) is 11.4. The molecule has 1 saturated carbocycles. The lowest BCUT2D eigenvalue weighted by Gasteiger charge is -2.30. The van der Waals surface area contributed by atoms with E-state index < -0.39 is 5.60 Å². The van der Waals surface area contributed by atoms with Crippen molar-refractivity contribution < 1.29 is 5.11 Å². The van der Waals surface area contributed by atoms with E-state index in [-0.39, 0.29) is 0 Å². The van der Waals surface area contributed by atoms with Crippen molar-refractivity contribution in [2.24, 2.45) is 11.8 Å². The highest BCUT2D eigenvalue weighted by Gasteiger charge is 2.52. The van der Waals surface area contributed by atoms with Gasteiger partial charge in [0, 0.05) is 56.0 Å². The van der Waals surface area contributed by atoms with Crippen molar-refractivity contribution in [2.75, 3.05) is 32.7 Å². The van der Waals surface area contributed by atoms with Gasteiger partial charge in [0.25, 0.3) is 0 Å². The molecule has 4 heteroatoms. The summed E-state index contributed by atoms with van der Waals surface area (Å²) >= 11 is 0. The van der Waals surface area contributed by atoms with Gasteiger partial charge in [0.05, 0.1) is 5.60 Å². The minimum Gasteiger partial charge on any atom is -0.385 e. The second kappa shape index (κ2) is 8.17. The van der Waals surface area contributed by atoms with Crippen LogP contribution < -0.4 is 0 Å². The van der Waals surface area contributed by atoms with Crippen molar-refractivity contribution >= 4 is 0 Å². The Morgan fingerprint density at radius 1 is 1.00 bits per heavy atom. The van der Waals surface area contributed by atoms with Gasteiger partial charge >= 0.3 is 0 Å². The number of fused-ring (bicyclic) bond motifs is 1. The Labute approximate surface area is 174 Å². The maximum absolute atomic E-state index is 11.6. The summed E-state index contributed by atoms with van der Waals surface area (Å²) in [6.07, 6.45) is 7.63. The first-order chi connectivity index (χ1) is 14.2. The normalized spacial score (nSPS) is 30.1. The van der Waals surface area contributed by atoms with Crippen LogP contribution in [0.25, 0.3) is 0 Å². The van der Waals surface area contributed by atoms with E-state index >= 15 is 0 Å². The Balaban J connectivity index is 1.23. The van der Waals surface area contributed by atoms with Gasteiger partial charge < -0.3 is 10.0 Å². The summed E-state index contributed by atoms with van der Waals surface area (Å²) < 4.78 is 0. The average Bonchev–Trinajstić information content (AvgIpc) is 3.47. The minimum absolute atomic E-state index is 0.323. The lowest BCUT2D eigenvalue weighted by atomic mass is 9.83. The summed E-state index contributed by atoms with van der Waals surface area (Å²) in [4.78, 5) is 9.78. The molecule has 0 amide bonds. The molecule has 3 fully saturated rings. The van der Waals surface area contributed by atoms with Crippen LogP contribution in [0.2, 0.25) is 0 Å². The first-order valence-electron chi connectivity index (χ1n) is 11.4. The first kappa shape index (κ1) is 19.2. The van der Waals surface area contributed by atoms with Gasteiger partial charge in [0.2, 0.25) is 0 Å². The molecule has 3 aliphatic rings. The number of likely N-dealkylation sites (tertiary alicyclic amines) is 2. The molecule has 29 heavy (non-hydrogen) atoms. The Bertz CT molecular complexity index is 803. The Kier molecular flexibility index (Phi) is 5.42. The molecule has 1 aromatic heterocycles. The highest BCUT2D eigenvalue weighted by atomic mass is 16.3. The van der Waals surface area contributed by atoms with Crippen molar-refractivity contribution in [1.29, 1.82) is 0 Å². The molecule has 2 aliphatic heterocycles. The van der Waals surface area contributed by atoms with E-state index in [1.165, 1.54) is 31.5 Å². The smallest absolute Gasteiger partial charge is 0.0954 e. The standard InChI is InChI=1S/C25H33N3O/c29-25(22-8-9-23(26-16-22)11-15-27-13-4-5-14-27)12-10-21-18-28(19-24(21)25)17-20-6-2-1-3-7-20/h1-3,6-9,16,21,24,29H,4-5,10-15,17-19H2. The lowest BCUT2D eigenvalue weighted by Crippen LogP contribution is -2.35. The van der Waals surface area contributed by atoms with Gasteiger partial charge in [0.1, 0.15) is 0 Å². The summed E-state index contributed by atoms with van der Waals surface area (Å²) in [5, 5.41) is 11.6. The van der Waals surface area contributed by atoms with Crippen molar-refractivity contribution in [3.63, 3.8) is 0 Å². The molecular weight excluding hydrogens is 358 g/mol. The topological polar surface area (TPSA) is 39.6 Å². The minimum atomic E-state index is -0.712. The predicted octanol–water partition coefficient (Wildman–Crippen LogP) is 3.45. The van der Waals surface area contributed by atoms with Crippen molar-refractivity contribution in [3.05, 3.63) is 65.5 Å². The molecule has 5 rings (SSSR count). The van der Waals surface area contributed by atoms with Gasteiger partial charge in [-0.2, -0.15) is 0 Å². The molecule has 154 valence electrons. The second-order valence-corrected chi connectivity index (χ2v) is 9.35. The SMILES string of the molecule is OC1(c2ccc(CCN3CCCC3)nc2)CCC2CN(Cc3ccccc3)CC21. The summed E-state index contributed by atoms with van der Waals surface area (Å²) in [6.45, 7) is 6.64. The van der Waals surface area contributed by atoms with E-state index in [1.54, 1.807) is 0 Å². The van der Waals surface area contributed by atoms with Crippen LogP contribution in [0.4, 0.5) is 0 Å². The zero-order chi connectivity index (χ0) is 19.7. The molecule has 2 saturated heterocycles. The largest absolute Gasteiger partial charge is 0.385 e. The van der Waals surface area contributed by atoms with E-state index in [0.717, 1.165) is 56.7 Å². The van der Waals surface area contributed by atoms with Gasteiger partial charge in [-0.1, -0.05) is 36.4 Å². The van der Waals surface area contributed by atoms with E-state index in [2.05, 4.69) is 52.3 Å². The van der Waals surface area contributed by atoms with Gasteiger partial charge in [0.15, 0.2) is 0 Å². The Hall–Kier alpha value is -1.75. The van der Waals surface area contributed by atoms with Gasteiger partial charge in [-0.3, -0.25) is 9.88 Å². The highest BCUT2D eigenvalue weighted by Crippen LogP contribution is 2.50. The fraction of sp³-hybridized carbons (Fsp3) is 0.560. The summed E-state index contributed by atoms with van der Waals surface area (Å²) in [6, 6.07) is 15.0. The van der Waals surface area contributed by atoms with Crippen LogP contribution in [0.15, 0.2) is 48.7 Å². The fourth-order valence-electron chi connectivity index (χ4n) is 5.82. The number of aliphatic hydroxyl groups is 1. The molecular formula is C25H33N3O. The highest BCUT2D eigenvalue weighted by molar-refractivity contribution is 5.26. The third kappa shape index (κ3) is 3.98. The van der Waals surface area contributed by atoms with E-state index in [0.29, 0.717) is 11.8 Å². The number of rotatable bonds is 6. The maximum Gasteiger partial charge on any atom is 0.0954 e. The molecule has 0 bridgehead atoms. The zero-order valence-corrected chi connectivity index (χ0v) is 17.3. The Morgan fingerprint density at radius 3 is 2.59 bits per heavy atom. The van der Waals surface area contributed by atoms with Crippen molar-refractivity contribution in [1.82, 2.24) is 14.8 Å².